The van der Waals surface area contributed by atoms with E-state index in [1.165, 1.54) is 55.5 Å². The van der Waals surface area contributed by atoms with Gasteiger partial charge in [0.2, 0.25) is 41.2 Å². The number of nitrogens with two attached hydrogens (primary N) is 7. The third kappa shape index (κ3) is 19.5. The highest BCUT2D eigenvalue weighted by atomic mass is 19.1. The molecule has 0 radical (unpaired) electrons. The molecule has 18 N–H and O–H groups in total. The molecule has 0 aliphatic carbocycles. The van der Waals surface area contributed by atoms with Gasteiger partial charge in [0.1, 0.15) is 36.0 Å². The molecule has 380 valence electrons. The van der Waals surface area contributed by atoms with Gasteiger partial charge in [-0.2, -0.15) is 0 Å². The summed E-state index contributed by atoms with van der Waals surface area (Å²) < 4.78 is 14.1. The summed E-state index contributed by atoms with van der Waals surface area (Å²) in [5, 5.41) is 10.8. The van der Waals surface area contributed by atoms with Crippen LogP contribution in [-0.4, -0.2) is 102 Å². The average molecular weight is 982 g/mol. The van der Waals surface area contributed by atoms with Gasteiger partial charge < -0.3 is 61.4 Å². The second kappa shape index (κ2) is 28.1. The number of carbonyl (C=O) groups is 7. The third-order valence-electron chi connectivity index (χ3n) is 10.6. The number of nitrogens with one attached hydrogen (secondary N) is 4. The zero-order valence-electron chi connectivity index (χ0n) is 39.9. The van der Waals surface area contributed by atoms with E-state index in [2.05, 4.69) is 36.2 Å². The number of terminal acetylenes is 1. The molecule has 0 fully saturated rings. The molecule has 0 saturated heterocycles. The summed E-state index contributed by atoms with van der Waals surface area (Å²) in [4.78, 5) is 109. The number of carbonyl (C=O) groups excluding carboxylic acids is 7. The molecule has 3 rings (SSSR count). The van der Waals surface area contributed by atoms with E-state index in [9.17, 15) is 38.0 Å². The van der Waals surface area contributed by atoms with E-state index >= 15 is 0 Å². The molecule has 0 aromatic heterocycles. The first-order valence-corrected chi connectivity index (χ1v) is 22.5. The van der Waals surface area contributed by atoms with Crippen LogP contribution >= 0.6 is 0 Å². The number of halogens is 1. The highest BCUT2D eigenvalue weighted by molar-refractivity contribution is 6.10. The first kappa shape index (κ1) is 56.8. The molecular formula is C48H64FN15O7. The number of primary amides is 1. The van der Waals surface area contributed by atoms with Crippen molar-refractivity contribution < 1.29 is 38.0 Å². The van der Waals surface area contributed by atoms with Crippen LogP contribution in [0.4, 0.5) is 15.8 Å². The molecule has 0 saturated carbocycles. The first-order valence-electron chi connectivity index (χ1n) is 22.5. The molecule has 71 heavy (non-hydrogen) atoms. The van der Waals surface area contributed by atoms with Crippen LogP contribution in [-0.2, 0) is 41.6 Å². The van der Waals surface area contributed by atoms with Crippen molar-refractivity contribution in [3.05, 3.63) is 95.3 Å². The van der Waals surface area contributed by atoms with Gasteiger partial charge in [0.15, 0.2) is 17.9 Å². The summed E-state index contributed by atoms with van der Waals surface area (Å²) in [6, 6.07) is 10.7. The molecule has 22 nitrogen and oxygen atoms in total. The van der Waals surface area contributed by atoms with Crippen molar-refractivity contribution >= 4 is 70.5 Å². The Morgan fingerprint density at radius 2 is 1.15 bits per heavy atom. The molecule has 6 amide bonds. The molecule has 23 heteroatoms. The zero-order valence-corrected chi connectivity index (χ0v) is 39.9. The summed E-state index contributed by atoms with van der Waals surface area (Å²) in [6.07, 6.45) is 5.56. The Labute approximate surface area is 411 Å². The van der Waals surface area contributed by atoms with Crippen molar-refractivity contribution in [1.29, 1.82) is 0 Å². The minimum absolute atomic E-state index is 0.0212. The predicted molar refractivity (Wildman–Crippen MR) is 268 cm³/mol. The summed E-state index contributed by atoms with van der Waals surface area (Å²) in [5.41, 5.74) is 40.0. The standard InChI is InChI=1S/C48H64FN15O7/c1-5-40(66)31-9-6-10-34(26-31)64(28(4)65)39(25-30-13-17-32(49)18-14-30)45(71)63-38(24-29-15-19-33(20-16-29)59-48(55)56)44(70)62-37(23-27(2)3)43(69)61-36(12-8-22-58-47(53)54)42(68)60-35(41(50)67)11-7-21-57-46(51)52/h1,6,9-10,13-20,26-27,35-39H,7-8,11-12,21-25H2,2-4H3,(H2,50,67)(H,60,68)(H,61,69)(H,62,70)(H,63,71)(H4,51,52,57)(H4,53,54,58)(H4,55,56,59). The lowest BCUT2D eigenvalue weighted by Crippen LogP contribution is -2.60. The number of guanidine groups is 3. The Kier molecular flexibility index (Phi) is 22.4. The number of ketones is 1. The van der Waals surface area contributed by atoms with Crippen LogP contribution in [0.1, 0.15) is 74.4 Å². The van der Waals surface area contributed by atoms with Gasteiger partial charge in [0, 0.05) is 44.1 Å². The SMILES string of the molecule is C#CC(=O)c1cccc(N(C(C)=O)C(Cc2ccc(F)cc2)C(=O)NC(Cc2ccc(N=C(N)N)cc2)C(=O)NC(CC(C)C)C(=O)NC(CCCN=C(N)N)C(=O)NC(CCCN=C(N)N)C(N)=O)c1. The highest BCUT2D eigenvalue weighted by Crippen LogP contribution is 2.23. The molecule has 3 aromatic carbocycles. The van der Waals surface area contributed by atoms with Gasteiger partial charge in [-0.25, -0.2) is 9.38 Å². The predicted octanol–water partition coefficient (Wildman–Crippen LogP) is -0.669. The minimum atomic E-state index is -1.45. The van der Waals surface area contributed by atoms with Crippen LogP contribution in [0.2, 0.25) is 0 Å². The van der Waals surface area contributed by atoms with Crippen LogP contribution in [0.25, 0.3) is 0 Å². The maximum absolute atomic E-state index is 14.8. The lowest BCUT2D eigenvalue weighted by molar-refractivity contribution is -0.135. The molecule has 5 atom stereocenters. The molecule has 3 aromatic rings. The van der Waals surface area contributed by atoms with Gasteiger partial charge in [-0.15, -0.1) is 6.42 Å². The van der Waals surface area contributed by atoms with Crippen molar-refractivity contribution in [3.8, 4) is 12.3 Å². The topological polar surface area (TPSA) is 390 Å². The van der Waals surface area contributed by atoms with Gasteiger partial charge in [0.05, 0.1) is 5.69 Å². The fourth-order valence-electron chi connectivity index (χ4n) is 7.26. The van der Waals surface area contributed by atoms with Crippen molar-refractivity contribution in [3.63, 3.8) is 0 Å². The average Bonchev–Trinajstić information content (AvgIpc) is 3.30. The van der Waals surface area contributed by atoms with E-state index in [-0.39, 0.29) is 93.1 Å². The Hall–Kier alpha value is -8.55. The van der Waals surface area contributed by atoms with E-state index in [1.54, 1.807) is 38.1 Å². The number of hydrogen-bond donors (Lipinski definition) is 11. The van der Waals surface area contributed by atoms with E-state index in [0.29, 0.717) is 16.8 Å². The maximum atomic E-state index is 14.8. The van der Waals surface area contributed by atoms with Gasteiger partial charge in [-0.1, -0.05) is 50.2 Å². The second-order valence-corrected chi connectivity index (χ2v) is 16.8. The summed E-state index contributed by atoms with van der Waals surface area (Å²) in [7, 11) is 0. The summed E-state index contributed by atoms with van der Waals surface area (Å²) in [6.45, 7) is 5.03. The molecular weight excluding hydrogens is 918 g/mol. The van der Waals surface area contributed by atoms with Crippen molar-refractivity contribution in [1.82, 2.24) is 21.3 Å². The van der Waals surface area contributed by atoms with Crippen LogP contribution in [0.15, 0.2) is 87.8 Å². The van der Waals surface area contributed by atoms with Gasteiger partial charge in [0.25, 0.3) is 0 Å². The number of rotatable bonds is 27. The number of benzene rings is 3. The number of nitrogens with zero attached hydrogens (tertiary/aromatic N) is 4. The second-order valence-electron chi connectivity index (χ2n) is 16.8. The highest BCUT2D eigenvalue weighted by Gasteiger charge is 2.35. The maximum Gasteiger partial charge on any atom is 0.244 e. The lowest BCUT2D eigenvalue weighted by Gasteiger charge is -2.32. The van der Waals surface area contributed by atoms with Crippen molar-refractivity contribution in [2.24, 2.45) is 61.0 Å². The van der Waals surface area contributed by atoms with Crippen molar-refractivity contribution in [2.75, 3.05) is 18.0 Å². The van der Waals surface area contributed by atoms with E-state index < -0.39 is 77.3 Å². The van der Waals surface area contributed by atoms with Gasteiger partial charge in [-0.05, 0) is 91.5 Å². The van der Waals surface area contributed by atoms with Crippen molar-refractivity contribution in [2.45, 2.75) is 95.9 Å². The van der Waals surface area contributed by atoms with E-state index in [0.717, 1.165) is 4.90 Å². The molecule has 0 spiro atoms. The minimum Gasteiger partial charge on any atom is -0.370 e. The smallest absolute Gasteiger partial charge is 0.244 e. The number of anilines is 1. The molecule has 0 aliphatic heterocycles. The molecule has 0 bridgehead atoms. The normalized spacial score (nSPS) is 12.8. The van der Waals surface area contributed by atoms with Crippen LogP contribution in [0.3, 0.4) is 0 Å². The molecule has 5 unspecified atom stereocenters. The van der Waals surface area contributed by atoms with Crippen LogP contribution < -0.4 is 66.3 Å². The fourth-order valence-corrected chi connectivity index (χ4v) is 7.26. The molecule has 0 heterocycles. The van der Waals surface area contributed by atoms with Gasteiger partial charge >= 0.3 is 0 Å². The van der Waals surface area contributed by atoms with E-state index in [4.69, 9.17) is 46.6 Å². The quantitative estimate of drug-likeness (QED) is 0.0113. The number of amides is 6. The summed E-state index contributed by atoms with van der Waals surface area (Å²) >= 11 is 0. The molecule has 0 aliphatic rings. The Balaban J connectivity index is 2.09. The Morgan fingerprint density at radius 1 is 0.648 bits per heavy atom. The Morgan fingerprint density at radius 3 is 1.69 bits per heavy atom. The number of aliphatic imine (C=N–C) groups is 3. The first-order chi connectivity index (χ1) is 33.6. The fraction of sp³-hybridized carbons (Fsp3) is 0.375. The van der Waals surface area contributed by atoms with E-state index in [1.807, 2.05) is 5.92 Å². The largest absolute Gasteiger partial charge is 0.370 e. The van der Waals surface area contributed by atoms with Crippen LogP contribution in [0, 0.1) is 24.1 Å². The number of Topliss-reactive ketones (excluding diaryl/α,β-unsaturated/α-hetero) is 1. The number of hydrogen-bond acceptors (Lipinski definition) is 10. The zero-order chi connectivity index (χ0) is 52.8. The van der Waals surface area contributed by atoms with Crippen LogP contribution in [0.5, 0.6) is 0 Å². The third-order valence-corrected chi connectivity index (χ3v) is 10.6. The monoisotopic (exact) mass is 982 g/mol. The summed E-state index contributed by atoms with van der Waals surface area (Å²) in [5.74, 6) is -4.71. The lowest BCUT2D eigenvalue weighted by atomic mass is 9.98. The van der Waals surface area contributed by atoms with Gasteiger partial charge in [-0.3, -0.25) is 48.4 Å². The Bertz CT molecular complexity index is 2480.